The maximum atomic E-state index is 13.2. The molecule has 0 spiro atoms. The van der Waals surface area contributed by atoms with Gasteiger partial charge in [-0.05, 0) is 42.5 Å². The lowest BCUT2D eigenvalue weighted by molar-refractivity contribution is -0.137. The molecule has 10 heteroatoms. The van der Waals surface area contributed by atoms with Gasteiger partial charge in [-0.1, -0.05) is 18.2 Å². The van der Waals surface area contributed by atoms with Crippen molar-refractivity contribution in [1.82, 2.24) is 19.8 Å². The SMILES string of the molecule is O=C(CN1CC2CCC(C1)N2c1ncc(F)cn1)N1CC=C(c2ccc(C(F)(F)F)cc2)CC1. The van der Waals surface area contributed by atoms with E-state index in [-0.39, 0.29) is 18.0 Å². The summed E-state index contributed by atoms with van der Waals surface area (Å²) in [5, 5.41) is 0. The summed E-state index contributed by atoms with van der Waals surface area (Å²) in [6, 6.07) is 5.57. The molecule has 2 aromatic rings. The van der Waals surface area contributed by atoms with Crippen LogP contribution >= 0.6 is 0 Å². The van der Waals surface area contributed by atoms with Gasteiger partial charge in [0.2, 0.25) is 11.9 Å². The molecule has 34 heavy (non-hydrogen) atoms. The van der Waals surface area contributed by atoms with Gasteiger partial charge in [-0.15, -0.1) is 0 Å². The van der Waals surface area contributed by atoms with Crippen LogP contribution in [0.1, 0.15) is 30.4 Å². The zero-order chi connectivity index (χ0) is 23.9. The Hall–Kier alpha value is -3.01. The van der Waals surface area contributed by atoms with Gasteiger partial charge < -0.3 is 9.80 Å². The molecule has 2 atom stereocenters. The minimum absolute atomic E-state index is 0.0496. The van der Waals surface area contributed by atoms with Crippen LogP contribution in [-0.2, 0) is 11.0 Å². The molecule has 5 rings (SSSR count). The van der Waals surface area contributed by atoms with E-state index in [2.05, 4.69) is 19.8 Å². The lowest BCUT2D eigenvalue weighted by Crippen LogP contribution is -2.56. The zero-order valence-electron chi connectivity index (χ0n) is 18.5. The molecule has 2 unspecified atom stereocenters. The molecule has 3 aliphatic rings. The summed E-state index contributed by atoms with van der Waals surface area (Å²) in [6.07, 6.45) is 2.52. The lowest BCUT2D eigenvalue weighted by atomic mass is 9.98. The Kier molecular flexibility index (Phi) is 6.01. The average molecular weight is 475 g/mol. The minimum atomic E-state index is -4.35. The highest BCUT2D eigenvalue weighted by molar-refractivity contribution is 5.80. The normalized spacial score (nSPS) is 23.2. The fourth-order valence-corrected chi connectivity index (χ4v) is 5.21. The fraction of sp³-hybridized carbons (Fsp3) is 0.458. The summed E-state index contributed by atoms with van der Waals surface area (Å²) in [4.78, 5) is 27.3. The molecule has 6 nitrogen and oxygen atoms in total. The number of amides is 1. The molecule has 0 aliphatic carbocycles. The van der Waals surface area contributed by atoms with Gasteiger partial charge in [0.05, 0.1) is 24.5 Å². The largest absolute Gasteiger partial charge is 0.416 e. The Morgan fingerprint density at radius 3 is 2.24 bits per heavy atom. The van der Waals surface area contributed by atoms with E-state index in [1.165, 1.54) is 24.5 Å². The van der Waals surface area contributed by atoms with Crippen molar-refractivity contribution in [2.75, 3.05) is 37.6 Å². The van der Waals surface area contributed by atoms with Crippen molar-refractivity contribution in [3.05, 3.63) is 59.7 Å². The van der Waals surface area contributed by atoms with Crippen LogP contribution in [0.25, 0.3) is 5.57 Å². The molecule has 2 fully saturated rings. The quantitative estimate of drug-likeness (QED) is 0.633. The van der Waals surface area contributed by atoms with E-state index in [1.807, 2.05) is 6.08 Å². The number of fused-ring (bicyclic) bond motifs is 2. The number of hydrogen-bond acceptors (Lipinski definition) is 5. The number of piperazine rings is 1. The van der Waals surface area contributed by atoms with Crippen molar-refractivity contribution in [2.45, 2.75) is 37.5 Å². The monoisotopic (exact) mass is 475 g/mol. The van der Waals surface area contributed by atoms with E-state index in [9.17, 15) is 22.4 Å². The zero-order valence-corrected chi connectivity index (χ0v) is 18.5. The first-order valence-electron chi connectivity index (χ1n) is 11.4. The highest BCUT2D eigenvalue weighted by Crippen LogP contribution is 2.33. The topological polar surface area (TPSA) is 52.6 Å². The second-order valence-electron chi connectivity index (χ2n) is 9.08. The summed E-state index contributed by atoms with van der Waals surface area (Å²) in [7, 11) is 0. The number of anilines is 1. The van der Waals surface area contributed by atoms with Gasteiger partial charge in [0, 0.05) is 38.3 Å². The lowest BCUT2D eigenvalue weighted by Gasteiger charge is -2.41. The predicted octanol–water partition coefficient (Wildman–Crippen LogP) is 3.60. The van der Waals surface area contributed by atoms with Crippen LogP contribution < -0.4 is 4.90 Å². The molecule has 1 aromatic carbocycles. The first-order chi connectivity index (χ1) is 16.3. The van der Waals surface area contributed by atoms with Crippen molar-refractivity contribution < 1.29 is 22.4 Å². The second-order valence-corrected chi connectivity index (χ2v) is 9.08. The van der Waals surface area contributed by atoms with Crippen LogP contribution in [0.4, 0.5) is 23.5 Å². The molecule has 3 aliphatic heterocycles. The minimum Gasteiger partial charge on any atom is -0.338 e. The number of benzene rings is 1. The Morgan fingerprint density at radius 1 is 1.03 bits per heavy atom. The van der Waals surface area contributed by atoms with Gasteiger partial charge in [-0.25, -0.2) is 14.4 Å². The number of alkyl halides is 3. The van der Waals surface area contributed by atoms with Crippen molar-refractivity contribution in [3.8, 4) is 0 Å². The molecule has 1 amide bonds. The van der Waals surface area contributed by atoms with Gasteiger partial charge in [0.1, 0.15) is 0 Å². The number of aromatic nitrogens is 2. The third-order valence-electron chi connectivity index (χ3n) is 6.90. The van der Waals surface area contributed by atoms with Gasteiger partial charge in [-0.3, -0.25) is 9.69 Å². The first kappa shape index (κ1) is 22.8. The van der Waals surface area contributed by atoms with Crippen molar-refractivity contribution in [3.63, 3.8) is 0 Å². The number of nitrogens with zero attached hydrogens (tertiary/aromatic N) is 5. The number of hydrogen-bond donors (Lipinski definition) is 0. The molecule has 2 bridgehead atoms. The van der Waals surface area contributed by atoms with E-state index in [4.69, 9.17) is 0 Å². The number of carbonyl (C=O) groups excluding carboxylic acids is 1. The average Bonchev–Trinajstić information content (AvgIpc) is 3.09. The standard InChI is InChI=1S/C24H25F4N5O/c25-19-11-29-23(30-12-19)33-20-5-6-21(33)14-31(13-20)15-22(34)32-9-7-17(8-10-32)16-1-3-18(4-2-16)24(26,27)28/h1-4,7,11-12,20-21H,5-6,8-10,13-15H2. The maximum Gasteiger partial charge on any atom is 0.416 e. The molecule has 180 valence electrons. The highest BCUT2D eigenvalue weighted by Gasteiger charge is 2.42. The predicted molar refractivity (Wildman–Crippen MR) is 118 cm³/mol. The number of likely N-dealkylation sites (tertiary alicyclic amines) is 1. The van der Waals surface area contributed by atoms with E-state index in [0.717, 1.165) is 49.2 Å². The van der Waals surface area contributed by atoms with Gasteiger partial charge in [0.15, 0.2) is 5.82 Å². The van der Waals surface area contributed by atoms with E-state index >= 15 is 0 Å². The highest BCUT2D eigenvalue weighted by atomic mass is 19.4. The third-order valence-corrected chi connectivity index (χ3v) is 6.90. The molecule has 4 heterocycles. The molecule has 1 aromatic heterocycles. The maximum absolute atomic E-state index is 13.2. The van der Waals surface area contributed by atoms with Crippen molar-refractivity contribution in [1.29, 1.82) is 0 Å². The van der Waals surface area contributed by atoms with Crippen LogP contribution in [0.5, 0.6) is 0 Å². The van der Waals surface area contributed by atoms with Crippen LogP contribution in [0.2, 0.25) is 0 Å². The summed E-state index contributed by atoms with van der Waals surface area (Å²) in [5.74, 6) is 0.128. The van der Waals surface area contributed by atoms with Crippen molar-refractivity contribution >= 4 is 17.4 Å². The Labute approximate surface area is 194 Å². The molecular weight excluding hydrogens is 450 g/mol. The molecule has 2 saturated heterocycles. The van der Waals surface area contributed by atoms with Crippen LogP contribution in [0.3, 0.4) is 0 Å². The van der Waals surface area contributed by atoms with Crippen LogP contribution in [0.15, 0.2) is 42.7 Å². The number of rotatable bonds is 4. The first-order valence-corrected chi connectivity index (χ1v) is 11.4. The molecule has 0 radical (unpaired) electrons. The van der Waals surface area contributed by atoms with Gasteiger partial charge in [-0.2, -0.15) is 13.2 Å². The number of halogens is 4. The Bertz CT molecular complexity index is 1060. The van der Waals surface area contributed by atoms with E-state index in [1.54, 1.807) is 4.90 Å². The summed E-state index contributed by atoms with van der Waals surface area (Å²) < 4.78 is 51.5. The summed E-state index contributed by atoms with van der Waals surface area (Å²) >= 11 is 0. The number of carbonyl (C=O) groups is 1. The van der Waals surface area contributed by atoms with Crippen molar-refractivity contribution in [2.24, 2.45) is 0 Å². The van der Waals surface area contributed by atoms with Gasteiger partial charge in [0.25, 0.3) is 0 Å². The Morgan fingerprint density at radius 2 is 1.68 bits per heavy atom. The smallest absolute Gasteiger partial charge is 0.338 e. The van der Waals surface area contributed by atoms with E-state index < -0.39 is 17.6 Å². The second kappa shape index (κ2) is 8.98. The summed E-state index contributed by atoms with van der Waals surface area (Å²) in [6.45, 7) is 2.77. The molecule has 0 N–H and O–H groups in total. The van der Waals surface area contributed by atoms with Crippen LogP contribution in [-0.4, -0.2) is 70.5 Å². The van der Waals surface area contributed by atoms with E-state index in [0.29, 0.717) is 32.0 Å². The third kappa shape index (κ3) is 4.64. The molecular formula is C24H25F4N5O. The van der Waals surface area contributed by atoms with Crippen LogP contribution in [0, 0.1) is 5.82 Å². The van der Waals surface area contributed by atoms with Gasteiger partial charge >= 0.3 is 6.18 Å². The summed E-state index contributed by atoms with van der Waals surface area (Å²) in [5.41, 5.74) is 1.06. The Balaban J connectivity index is 1.16. The molecule has 0 saturated carbocycles. The fourth-order valence-electron chi connectivity index (χ4n) is 5.21.